The lowest BCUT2D eigenvalue weighted by molar-refractivity contribution is 0.0729. The monoisotopic (exact) mass is 438 g/mol. The second-order valence-electron chi connectivity index (χ2n) is 7.74. The Kier molecular flexibility index (Phi) is 5.36. The van der Waals surface area contributed by atoms with Crippen molar-refractivity contribution in [1.29, 1.82) is 0 Å². The molecule has 0 saturated heterocycles. The molecule has 1 aliphatic rings. The van der Waals surface area contributed by atoms with Gasteiger partial charge in [-0.3, -0.25) is 14.9 Å². The van der Waals surface area contributed by atoms with Gasteiger partial charge in [-0.1, -0.05) is 36.9 Å². The van der Waals surface area contributed by atoms with Crippen LogP contribution >= 0.6 is 0 Å². The molecule has 2 aromatic carbocycles. The number of aromatic nitrogens is 3. The van der Waals surface area contributed by atoms with Crippen molar-refractivity contribution in [2.24, 2.45) is 0 Å². The van der Waals surface area contributed by atoms with E-state index in [0.717, 1.165) is 16.7 Å². The van der Waals surface area contributed by atoms with Gasteiger partial charge >= 0.3 is 0 Å². The average Bonchev–Trinajstić information content (AvgIpc) is 3.38. The van der Waals surface area contributed by atoms with E-state index in [4.69, 9.17) is 4.74 Å². The summed E-state index contributed by atoms with van der Waals surface area (Å²) >= 11 is 0. The number of amides is 1. The molecule has 2 aromatic heterocycles. The lowest BCUT2D eigenvalue weighted by Crippen LogP contribution is -2.29. The number of rotatable bonds is 7. The fraction of sp³-hybridized carbons (Fsp3) is 0.115. The quantitative estimate of drug-likeness (QED) is 0.415. The molecule has 7 nitrogen and oxygen atoms in total. The van der Waals surface area contributed by atoms with E-state index in [1.54, 1.807) is 41.6 Å². The topological polar surface area (TPSA) is 91.3 Å². The molecule has 0 fully saturated rings. The van der Waals surface area contributed by atoms with Gasteiger partial charge in [0, 0.05) is 30.1 Å². The summed E-state index contributed by atoms with van der Waals surface area (Å²) in [6.45, 7) is 4.48. The maximum absolute atomic E-state index is 13.5. The Balaban J connectivity index is 1.65. The van der Waals surface area contributed by atoms with Gasteiger partial charge in [-0.05, 0) is 47.5 Å². The number of hydrogen-bond acceptors (Lipinski definition) is 5. The number of benzene rings is 2. The minimum absolute atomic E-state index is 0.105. The SMILES string of the molecule is C=CCOc1cccc([C@@H]2c3c(-c4ccccc4O)n[nH]c3C(=O)N2Cc2ccncc2)c1. The minimum atomic E-state index is -0.415. The maximum Gasteiger partial charge on any atom is 0.273 e. The minimum Gasteiger partial charge on any atom is -0.507 e. The van der Waals surface area contributed by atoms with Crippen LogP contribution < -0.4 is 4.74 Å². The summed E-state index contributed by atoms with van der Waals surface area (Å²) in [4.78, 5) is 19.4. The van der Waals surface area contributed by atoms with Crippen molar-refractivity contribution in [1.82, 2.24) is 20.1 Å². The molecule has 0 spiro atoms. The van der Waals surface area contributed by atoms with Crippen LogP contribution in [0, 0.1) is 0 Å². The number of carbonyl (C=O) groups excluding carboxylic acids is 1. The molecule has 5 rings (SSSR count). The number of H-pyrrole nitrogens is 1. The highest BCUT2D eigenvalue weighted by Crippen LogP contribution is 2.45. The molecular formula is C26H22N4O3. The Labute approximate surface area is 191 Å². The number of nitrogens with zero attached hydrogens (tertiary/aromatic N) is 3. The van der Waals surface area contributed by atoms with Crippen LogP contribution in [-0.2, 0) is 6.54 Å². The summed E-state index contributed by atoms with van der Waals surface area (Å²) in [5.41, 5.74) is 4.12. The first-order valence-electron chi connectivity index (χ1n) is 10.6. The first-order valence-corrected chi connectivity index (χ1v) is 10.6. The molecule has 0 radical (unpaired) electrons. The van der Waals surface area contributed by atoms with E-state index < -0.39 is 6.04 Å². The fourth-order valence-corrected chi connectivity index (χ4v) is 4.20. The summed E-state index contributed by atoms with van der Waals surface area (Å²) in [5, 5.41) is 17.8. The normalized spacial score (nSPS) is 14.8. The molecule has 2 N–H and O–H groups in total. The van der Waals surface area contributed by atoms with Crippen molar-refractivity contribution in [2.75, 3.05) is 6.61 Å². The van der Waals surface area contributed by atoms with E-state index >= 15 is 0 Å². The maximum atomic E-state index is 13.5. The zero-order valence-electron chi connectivity index (χ0n) is 17.8. The molecule has 3 heterocycles. The van der Waals surface area contributed by atoms with E-state index in [2.05, 4.69) is 21.8 Å². The first-order chi connectivity index (χ1) is 16.2. The number of phenolic OH excluding ortho intramolecular Hbond substituents is 1. The van der Waals surface area contributed by atoms with Crippen LogP contribution in [0.5, 0.6) is 11.5 Å². The van der Waals surface area contributed by atoms with Crippen LogP contribution in [0.15, 0.2) is 85.7 Å². The number of aromatic amines is 1. The molecule has 33 heavy (non-hydrogen) atoms. The second kappa shape index (κ2) is 8.63. The van der Waals surface area contributed by atoms with Crippen molar-refractivity contribution in [3.63, 3.8) is 0 Å². The van der Waals surface area contributed by atoms with Crippen molar-refractivity contribution < 1.29 is 14.6 Å². The number of nitrogens with one attached hydrogen (secondary N) is 1. The van der Waals surface area contributed by atoms with E-state index in [1.807, 2.05) is 42.5 Å². The van der Waals surface area contributed by atoms with Gasteiger partial charge in [-0.25, -0.2) is 0 Å². The lowest BCUT2D eigenvalue weighted by Gasteiger charge is -2.27. The number of hydrogen-bond donors (Lipinski definition) is 2. The van der Waals surface area contributed by atoms with E-state index in [9.17, 15) is 9.90 Å². The van der Waals surface area contributed by atoms with Crippen molar-refractivity contribution >= 4 is 5.91 Å². The largest absolute Gasteiger partial charge is 0.507 e. The van der Waals surface area contributed by atoms with Gasteiger partial charge in [0.25, 0.3) is 5.91 Å². The summed E-state index contributed by atoms with van der Waals surface area (Å²) in [5.74, 6) is 0.636. The highest BCUT2D eigenvalue weighted by Gasteiger charge is 2.42. The first kappa shape index (κ1) is 20.5. The van der Waals surface area contributed by atoms with Gasteiger partial charge in [0.15, 0.2) is 0 Å². The molecule has 4 aromatic rings. The van der Waals surface area contributed by atoms with Gasteiger partial charge in [-0.2, -0.15) is 5.10 Å². The van der Waals surface area contributed by atoms with Gasteiger partial charge < -0.3 is 14.7 Å². The third-order valence-corrected chi connectivity index (χ3v) is 5.67. The highest BCUT2D eigenvalue weighted by molar-refractivity contribution is 6.00. The predicted molar refractivity (Wildman–Crippen MR) is 124 cm³/mol. The third-order valence-electron chi connectivity index (χ3n) is 5.67. The van der Waals surface area contributed by atoms with Crippen LogP contribution in [0.3, 0.4) is 0 Å². The van der Waals surface area contributed by atoms with Crippen LogP contribution in [0.1, 0.15) is 33.2 Å². The van der Waals surface area contributed by atoms with E-state index in [1.165, 1.54) is 0 Å². The molecule has 0 aliphatic carbocycles. The zero-order chi connectivity index (χ0) is 22.8. The molecule has 0 saturated carbocycles. The summed E-state index contributed by atoms with van der Waals surface area (Å²) < 4.78 is 5.75. The van der Waals surface area contributed by atoms with Gasteiger partial charge in [0.05, 0.1) is 6.04 Å². The number of phenols is 1. The third kappa shape index (κ3) is 3.74. The molecule has 0 unspecified atom stereocenters. The van der Waals surface area contributed by atoms with Crippen molar-refractivity contribution in [2.45, 2.75) is 12.6 Å². The Bertz CT molecular complexity index is 1320. The highest BCUT2D eigenvalue weighted by atomic mass is 16.5. The molecule has 7 heteroatoms. The molecule has 1 aliphatic heterocycles. The van der Waals surface area contributed by atoms with Crippen LogP contribution in [0.4, 0.5) is 0 Å². The van der Waals surface area contributed by atoms with Crippen LogP contribution in [-0.4, -0.2) is 37.7 Å². The van der Waals surface area contributed by atoms with E-state index in [-0.39, 0.29) is 11.7 Å². The molecule has 164 valence electrons. The fourth-order valence-electron chi connectivity index (χ4n) is 4.20. The van der Waals surface area contributed by atoms with Crippen molar-refractivity contribution in [3.8, 4) is 22.8 Å². The van der Waals surface area contributed by atoms with Crippen LogP contribution in [0.25, 0.3) is 11.3 Å². The Morgan fingerprint density at radius 3 is 2.73 bits per heavy atom. The molecule has 1 amide bonds. The smallest absolute Gasteiger partial charge is 0.273 e. The van der Waals surface area contributed by atoms with Gasteiger partial charge in [-0.15, -0.1) is 0 Å². The standard InChI is InChI=1S/C26H22N4O3/c1-2-14-33-19-7-5-6-18(15-19)25-22-23(20-8-3-4-9-21(20)31)28-29-24(22)26(32)30(25)16-17-10-12-27-13-11-17/h2-13,15,25,31H,1,14,16H2,(H,28,29)/t25-/m1/s1. The lowest BCUT2D eigenvalue weighted by atomic mass is 9.95. The number of pyridine rings is 1. The Morgan fingerprint density at radius 2 is 1.94 bits per heavy atom. The molecular weight excluding hydrogens is 416 g/mol. The number of para-hydroxylation sites is 1. The molecule has 0 bridgehead atoms. The summed E-state index contributed by atoms with van der Waals surface area (Å²) in [7, 11) is 0. The summed E-state index contributed by atoms with van der Waals surface area (Å²) in [6.07, 6.45) is 5.11. The predicted octanol–water partition coefficient (Wildman–Crippen LogP) is 4.49. The average molecular weight is 438 g/mol. The van der Waals surface area contributed by atoms with Gasteiger partial charge in [0.1, 0.15) is 29.5 Å². The zero-order valence-corrected chi connectivity index (χ0v) is 17.8. The number of aromatic hydroxyl groups is 1. The summed E-state index contributed by atoms with van der Waals surface area (Å²) in [6, 6.07) is 18.0. The van der Waals surface area contributed by atoms with Gasteiger partial charge in [0.2, 0.25) is 0 Å². The Hall–Kier alpha value is -4.39. The number of fused-ring (bicyclic) bond motifs is 1. The number of ether oxygens (including phenoxy) is 1. The Morgan fingerprint density at radius 1 is 1.12 bits per heavy atom. The molecule has 1 atom stereocenters. The van der Waals surface area contributed by atoms with Crippen molar-refractivity contribution in [3.05, 3.63) is 108 Å². The second-order valence-corrected chi connectivity index (χ2v) is 7.74. The van der Waals surface area contributed by atoms with Crippen LogP contribution in [0.2, 0.25) is 0 Å². The van der Waals surface area contributed by atoms with E-state index in [0.29, 0.717) is 35.9 Å². The number of carbonyl (C=O) groups is 1.